The quantitative estimate of drug-likeness (QED) is 0.721. The molecule has 1 saturated heterocycles. The fraction of sp³-hybridized carbons (Fsp3) is 0.632. The van der Waals surface area contributed by atoms with Gasteiger partial charge in [0.15, 0.2) is 17.9 Å². The Labute approximate surface area is 153 Å². The minimum Gasteiger partial charge on any atom is -0.370 e. The first-order valence-electron chi connectivity index (χ1n) is 8.47. The summed E-state index contributed by atoms with van der Waals surface area (Å²) in [4.78, 5) is 11.8. The summed E-state index contributed by atoms with van der Waals surface area (Å²) in [5, 5.41) is -0.599. The number of ketones is 1. The monoisotopic (exact) mass is 368 g/mol. The van der Waals surface area contributed by atoms with Crippen molar-refractivity contribution < 1.29 is 23.7 Å². The lowest BCUT2D eigenvalue weighted by Crippen LogP contribution is -2.61. The average Bonchev–Trinajstić information content (AvgIpc) is 2.90. The van der Waals surface area contributed by atoms with E-state index in [0.717, 1.165) is 5.56 Å². The van der Waals surface area contributed by atoms with Gasteiger partial charge >= 0.3 is 0 Å². The van der Waals surface area contributed by atoms with Crippen molar-refractivity contribution in [1.29, 1.82) is 0 Å². The highest BCUT2D eigenvalue weighted by atomic mass is 35.5. The minimum atomic E-state index is -0.786. The van der Waals surface area contributed by atoms with E-state index in [4.69, 9.17) is 30.5 Å². The molecule has 1 heterocycles. The van der Waals surface area contributed by atoms with Gasteiger partial charge in [0.25, 0.3) is 0 Å². The second-order valence-corrected chi connectivity index (χ2v) is 7.87. The van der Waals surface area contributed by atoms with Gasteiger partial charge in [-0.25, -0.2) is 0 Å². The van der Waals surface area contributed by atoms with Crippen LogP contribution in [-0.2, 0) is 30.3 Å². The summed E-state index contributed by atoms with van der Waals surface area (Å²) in [5.74, 6) is -0.754. The molecule has 0 radical (unpaired) electrons. The third-order valence-corrected chi connectivity index (χ3v) is 5.70. The van der Waals surface area contributed by atoms with Gasteiger partial charge in [-0.3, -0.25) is 4.79 Å². The van der Waals surface area contributed by atoms with Crippen molar-refractivity contribution in [1.82, 2.24) is 0 Å². The van der Waals surface area contributed by atoms with E-state index < -0.39 is 35.1 Å². The third-order valence-electron chi connectivity index (χ3n) is 4.96. The lowest BCUT2D eigenvalue weighted by Gasteiger charge is -2.49. The first kappa shape index (κ1) is 18.8. The molecule has 5 atom stereocenters. The number of rotatable bonds is 6. The molecular formula is C19H25ClO5. The number of hydrogen-bond donors (Lipinski definition) is 0. The summed E-state index contributed by atoms with van der Waals surface area (Å²) >= 11 is 6.36. The van der Waals surface area contributed by atoms with E-state index in [1.165, 1.54) is 0 Å². The Hall–Kier alpha value is -0.980. The van der Waals surface area contributed by atoms with Crippen LogP contribution in [0, 0.1) is 5.41 Å². The minimum absolute atomic E-state index is 0.0321. The predicted molar refractivity (Wildman–Crippen MR) is 93.2 cm³/mol. The smallest absolute Gasteiger partial charge is 0.189 e. The Morgan fingerprint density at radius 3 is 2.48 bits per heavy atom. The molecular weight excluding hydrogens is 344 g/mol. The number of carbonyl (C=O) groups is 1. The SMILES string of the molecule is COC1OC(C)(C)OC1C(OCc1ccccc1)C1(C)CC(=O)[C@@H]1Cl. The van der Waals surface area contributed by atoms with E-state index >= 15 is 0 Å². The van der Waals surface area contributed by atoms with E-state index in [1.807, 2.05) is 51.1 Å². The van der Waals surface area contributed by atoms with Gasteiger partial charge in [-0.2, -0.15) is 0 Å². The van der Waals surface area contributed by atoms with Crippen LogP contribution in [0.1, 0.15) is 32.8 Å². The maximum absolute atomic E-state index is 11.8. The van der Waals surface area contributed by atoms with Gasteiger partial charge < -0.3 is 18.9 Å². The number of Topliss-reactive ketones (excluding diaryl/α,β-unsaturated/α-hetero) is 1. The molecule has 3 rings (SSSR count). The summed E-state index contributed by atoms with van der Waals surface area (Å²) in [7, 11) is 1.57. The first-order valence-corrected chi connectivity index (χ1v) is 8.91. The maximum atomic E-state index is 11.8. The summed E-state index contributed by atoms with van der Waals surface area (Å²) in [5.41, 5.74) is 0.513. The number of halogens is 1. The summed E-state index contributed by atoms with van der Waals surface area (Å²) in [6, 6.07) is 9.87. The molecule has 0 bridgehead atoms. The third kappa shape index (κ3) is 3.62. The first-order chi connectivity index (χ1) is 11.8. The van der Waals surface area contributed by atoms with Gasteiger partial charge in [-0.05, 0) is 19.4 Å². The van der Waals surface area contributed by atoms with Crippen molar-refractivity contribution in [3.63, 3.8) is 0 Å². The molecule has 138 valence electrons. The molecule has 0 spiro atoms. The summed E-state index contributed by atoms with van der Waals surface area (Å²) in [6.07, 6.45) is -1.12. The molecule has 25 heavy (non-hydrogen) atoms. The second kappa shape index (κ2) is 6.97. The number of methoxy groups -OCH3 is 1. The van der Waals surface area contributed by atoms with Gasteiger partial charge in [0.05, 0.1) is 12.7 Å². The van der Waals surface area contributed by atoms with Gasteiger partial charge in [-0.1, -0.05) is 37.3 Å². The Balaban J connectivity index is 1.83. The van der Waals surface area contributed by atoms with Crippen LogP contribution in [0.15, 0.2) is 30.3 Å². The summed E-state index contributed by atoms with van der Waals surface area (Å²) < 4.78 is 23.6. The number of ether oxygens (including phenoxy) is 4. The van der Waals surface area contributed by atoms with Crippen molar-refractivity contribution in [2.24, 2.45) is 5.41 Å². The molecule has 5 nitrogen and oxygen atoms in total. The molecule has 1 aliphatic carbocycles. The van der Waals surface area contributed by atoms with E-state index in [9.17, 15) is 4.79 Å². The molecule has 2 aliphatic rings. The number of alkyl halides is 1. The fourth-order valence-electron chi connectivity index (χ4n) is 3.60. The number of benzene rings is 1. The van der Waals surface area contributed by atoms with Crippen molar-refractivity contribution in [3.8, 4) is 0 Å². The topological polar surface area (TPSA) is 54.0 Å². The number of hydrogen-bond acceptors (Lipinski definition) is 5. The molecule has 1 saturated carbocycles. The molecule has 6 heteroatoms. The Kier molecular flexibility index (Phi) is 5.24. The highest BCUT2D eigenvalue weighted by molar-refractivity contribution is 6.34. The lowest BCUT2D eigenvalue weighted by molar-refractivity contribution is -0.186. The molecule has 1 aromatic rings. The fourth-order valence-corrected chi connectivity index (χ4v) is 3.88. The molecule has 0 N–H and O–H groups in total. The number of carbonyl (C=O) groups excluding carboxylic acids is 1. The largest absolute Gasteiger partial charge is 0.370 e. The Morgan fingerprint density at radius 2 is 1.92 bits per heavy atom. The molecule has 0 amide bonds. The van der Waals surface area contributed by atoms with E-state index in [1.54, 1.807) is 7.11 Å². The predicted octanol–water partition coefficient (Wildman–Crippen LogP) is 3.28. The average molecular weight is 369 g/mol. The van der Waals surface area contributed by atoms with Crippen LogP contribution in [0.5, 0.6) is 0 Å². The van der Waals surface area contributed by atoms with Crippen LogP contribution in [0.25, 0.3) is 0 Å². The zero-order valence-electron chi connectivity index (χ0n) is 15.0. The van der Waals surface area contributed by atoms with Crippen molar-refractivity contribution >= 4 is 17.4 Å². The van der Waals surface area contributed by atoms with Gasteiger partial charge in [0.1, 0.15) is 11.5 Å². The molecule has 1 aliphatic heterocycles. The molecule has 4 unspecified atom stereocenters. The van der Waals surface area contributed by atoms with Crippen LogP contribution < -0.4 is 0 Å². The van der Waals surface area contributed by atoms with Crippen LogP contribution >= 0.6 is 11.6 Å². The van der Waals surface area contributed by atoms with Gasteiger partial charge in [0.2, 0.25) is 0 Å². The summed E-state index contributed by atoms with van der Waals surface area (Å²) in [6.45, 7) is 6.03. The van der Waals surface area contributed by atoms with E-state index in [0.29, 0.717) is 13.0 Å². The van der Waals surface area contributed by atoms with Crippen LogP contribution in [0.3, 0.4) is 0 Å². The lowest BCUT2D eigenvalue weighted by atomic mass is 9.63. The van der Waals surface area contributed by atoms with Crippen molar-refractivity contribution in [2.75, 3.05) is 7.11 Å². The standard InChI is InChI=1S/C19H25ClO5/c1-18(2)24-14(17(22-4)25-18)16(19(3)10-13(21)15(19)20)23-11-12-8-6-5-7-9-12/h5-9,14-17H,10-11H2,1-4H3/t14?,15-,16?,17?,19?/m0/s1. The van der Waals surface area contributed by atoms with Crippen molar-refractivity contribution in [3.05, 3.63) is 35.9 Å². The van der Waals surface area contributed by atoms with Gasteiger partial charge in [0, 0.05) is 18.9 Å². The zero-order valence-corrected chi connectivity index (χ0v) is 15.8. The molecule has 2 fully saturated rings. The highest BCUT2D eigenvalue weighted by Gasteiger charge is 2.60. The van der Waals surface area contributed by atoms with E-state index in [2.05, 4.69) is 0 Å². The Morgan fingerprint density at radius 1 is 1.24 bits per heavy atom. The normalized spacial score (nSPS) is 35.4. The van der Waals surface area contributed by atoms with Crippen LogP contribution in [0.2, 0.25) is 0 Å². The van der Waals surface area contributed by atoms with Crippen LogP contribution in [0.4, 0.5) is 0 Å². The Bertz CT molecular complexity index is 620. The second-order valence-electron chi connectivity index (χ2n) is 7.43. The highest BCUT2D eigenvalue weighted by Crippen LogP contribution is 2.49. The van der Waals surface area contributed by atoms with Crippen molar-refractivity contribution in [2.45, 2.75) is 63.5 Å². The van der Waals surface area contributed by atoms with Crippen LogP contribution in [-0.4, -0.2) is 42.6 Å². The maximum Gasteiger partial charge on any atom is 0.189 e. The zero-order chi connectivity index (χ0) is 18.2. The molecule has 1 aromatic carbocycles. The molecule has 0 aromatic heterocycles. The van der Waals surface area contributed by atoms with Gasteiger partial charge in [-0.15, -0.1) is 11.6 Å². The van der Waals surface area contributed by atoms with E-state index in [-0.39, 0.29) is 5.78 Å².